The molecule has 1 heterocycles. The summed E-state index contributed by atoms with van der Waals surface area (Å²) in [6.45, 7) is 7.02. The lowest BCUT2D eigenvalue weighted by Gasteiger charge is -2.19. The van der Waals surface area contributed by atoms with Gasteiger partial charge in [-0.05, 0) is 45.7 Å². The van der Waals surface area contributed by atoms with Crippen LogP contribution in [0.15, 0.2) is 36.5 Å². The maximum Gasteiger partial charge on any atom is 0.407 e. The van der Waals surface area contributed by atoms with Crippen LogP contribution in [0.3, 0.4) is 0 Å². The summed E-state index contributed by atoms with van der Waals surface area (Å²) in [4.78, 5) is 15.9. The van der Waals surface area contributed by atoms with E-state index in [0.29, 0.717) is 6.54 Å². The van der Waals surface area contributed by atoms with E-state index >= 15 is 0 Å². The van der Waals surface area contributed by atoms with E-state index in [-0.39, 0.29) is 6.09 Å². The minimum atomic E-state index is -0.451. The fourth-order valence-corrected chi connectivity index (χ4v) is 2.22. The summed E-state index contributed by atoms with van der Waals surface area (Å²) in [5, 5.41) is 7.30. The van der Waals surface area contributed by atoms with E-state index in [9.17, 15) is 4.79 Å². The molecule has 0 aliphatic rings. The predicted octanol–water partition coefficient (Wildman–Crippen LogP) is 3.95. The second kappa shape index (κ2) is 7.81. The Bertz CT molecular complexity index is 645. The Morgan fingerprint density at radius 2 is 1.87 bits per heavy atom. The van der Waals surface area contributed by atoms with Crippen LogP contribution in [0.4, 0.5) is 10.5 Å². The first kappa shape index (κ1) is 17.1. The zero-order valence-corrected chi connectivity index (χ0v) is 14.1. The number of fused-ring (bicyclic) bond motifs is 1. The Labute approximate surface area is 137 Å². The fraction of sp³-hybridized carbons (Fsp3) is 0.444. The molecule has 2 rings (SSSR count). The van der Waals surface area contributed by atoms with Crippen LogP contribution in [0.2, 0.25) is 0 Å². The van der Waals surface area contributed by atoms with Gasteiger partial charge in [0.15, 0.2) is 0 Å². The van der Waals surface area contributed by atoms with Gasteiger partial charge in [0.1, 0.15) is 5.60 Å². The number of hydrogen-bond acceptors (Lipinski definition) is 4. The van der Waals surface area contributed by atoms with Gasteiger partial charge in [-0.25, -0.2) is 4.79 Å². The van der Waals surface area contributed by atoms with Crippen LogP contribution in [0, 0.1) is 0 Å². The molecule has 0 radical (unpaired) electrons. The highest BCUT2D eigenvalue weighted by Gasteiger charge is 2.15. The Kier molecular flexibility index (Phi) is 5.79. The molecule has 0 aliphatic carbocycles. The van der Waals surface area contributed by atoms with Crippen LogP contribution in [0.25, 0.3) is 10.9 Å². The molecule has 124 valence electrons. The molecule has 2 N–H and O–H groups in total. The third-order valence-corrected chi connectivity index (χ3v) is 3.22. The van der Waals surface area contributed by atoms with Crippen molar-refractivity contribution in [1.29, 1.82) is 0 Å². The van der Waals surface area contributed by atoms with Crippen LogP contribution in [0.1, 0.15) is 33.6 Å². The van der Waals surface area contributed by atoms with Crippen LogP contribution in [0.5, 0.6) is 0 Å². The highest BCUT2D eigenvalue weighted by molar-refractivity contribution is 5.90. The molecular weight excluding hydrogens is 290 g/mol. The molecule has 1 aromatic heterocycles. The summed E-state index contributed by atoms with van der Waals surface area (Å²) in [6.07, 6.45) is 3.30. The summed E-state index contributed by atoms with van der Waals surface area (Å²) in [5.74, 6) is 0. The first-order chi connectivity index (χ1) is 11.0. The molecule has 2 aromatic rings. The Hall–Kier alpha value is -2.30. The number of para-hydroxylation sites is 1. The molecule has 0 fully saturated rings. The SMILES string of the molecule is CC(C)(C)OC(=O)NCCCCNc1cccc2cccnc12. The zero-order chi connectivity index (χ0) is 16.7. The van der Waals surface area contributed by atoms with Crippen LogP contribution >= 0.6 is 0 Å². The number of aromatic nitrogens is 1. The number of pyridine rings is 1. The van der Waals surface area contributed by atoms with Gasteiger partial charge < -0.3 is 15.4 Å². The van der Waals surface area contributed by atoms with Crippen molar-refractivity contribution in [2.45, 2.75) is 39.2 Å². The molecule has 0 saturated heterocycles. The molecule has 0 unspecified atom stereocenters. The number of carbonyl (C=O) groups is 1. The van der Waals surface area contributed by atoms with Gasteiger partial charge in [-0.15, -0.1) is 0 Å². The van der Waals surface area contributed by atoms with Gasteiger partial charge in [0.05, 0.1) is 11.2 Å². The average Bonchev–Trinajstić information content (AvgIpc) is 2.49. The Morgan fingerprint density at radius 1 is 1.13 bits per heavy atom. The average molecular weight is 315 g/mol. The quantitative estimate of drug-likeness (QED) is 0.792. The monoisotopic (exact) mass is 315 g/mol. The topological polar surface area (TPSA) is 63.2 Å². The maximum absolute atomic E-state index is 11.5. The fourth-order valence-electron chi connectivity index (χ4n) is 2.22. The van der Waals surface area contributed by atoms with Gasteiger partial charge in [0.25, 0.3) is 0 Å². The van der Waals surface area contributed by atoms with Gasteiger partial charge in [-0.2, -0.15) is 0 Å². The molecule has 0 atom stereocenters. The minimum absolute atomic E-state index is 0.358. The number of ether oxygens (including phenoxy) is 1. The Morgan fingerprint density at radius 3 is 2.65 bits per heavy atom. The number of nitrogens with one attached hydrogen (secondary N) is 2. The van der Waals surface area contributed by atoms with Gasteiger partial charge in [-0.1, -0.05) is 18.2 Å². The van der Waals surface area contributed by atoms with Crippen molar-refractivity contribution < 1.29 is 9.53 Å². The number of alkyl carbamates (subject to hydrolysis) is 1. The van der Waals surface area contributed by atoms with Gasteiger partial charge in [0.2, 0.25) is 0 Å². The highest BCUT2D eigenvalue weighted by Crippen LogP contribution is 2.20. The molecule has 5 nitrogen and oxygen atoms in total. The maximum atomic E-state index is 11.5. The largest absolute Gasteiger partial charge is 0.444 e. The van der Waals surface area contributed by atoms with Crippen molar-refractivity contribution in [3.63, 3.8) is 0 Å². The summed E-state index contributed by atoms with van der Waals surface area (Å²) in [5.41, 5.74) is 1.58. The number of rotatable bonds is 6. The number of unbranched alkanes of at least 4 members (excludes halogenated alkanes) is 1. The van der Waals surface area contributed by atoms with E-state index < -0.39 is 5.60 Å². The number of anilines is 1. The number of benzene rings is 1. The molecule has 0 spiro atoms. The summed E-state index contributed by atoms with van der Waals surface area (Å²) in [7, 11) is 0. The van der Waals surface area contributed by atoms with Crippen molar-refractivity contribution in [3.8, 4) is 0 Å². The van der Waals surface area contributed by atoms with Crippen molar-refractivity contribution in [2.75, 3.05) is 18.4 Å². The van der Waals surface area contributed by atoms with Crippen molar-refractivity contribution in [3.05, 3.63) is 36.5 Å². The number of amides is 1. The third-order valence-electron chi connectivity index (χ3n) is 3.22. The van der Waals surface area contributed by atoms with E-state index in [1.807, 2.05) is 39.0 Å². The number of nitrogens with zero attached hydrogens (tertiary/aromatic N) is 1. The van der Waals surface area contributed by atoms with E-state index in [4.69, 9.17) is 4.74 Å². The molecule has 5 heteroatoms. The molecule has 0 aliphatic heterocycles. The molecule has 1 amide bonds. The van der Waals surface area contributed by atoms with E-state index in [0.717, 1.165) is 36.0 Å². The molecule has 0 saturated carbocycles. The molecule has 1 aromatic carbocycles. The summed E-state index contributed by atoms with van der Waals surface area (Å²) in [6, 6.07) is 10.1. The molecule has 0 bridgehead atoms. The summed E-state index contributed by atoms with van der Waals surface area (Å²) >= 11 is 0. The van der Waals surface area contributed by atoms with Crippen molar-refractivity contribution in [1.82, 2.24) is 10.3 Å². The highest BCUT2D eigenvalue weighted by atomic mass is 16.6. The van der Waals surface area contributed by atoms with Gasteiger partial charge in [0, 0.05) is 24.7 Å². The second-order valence-electron chi connectivity index (χ2n) is 6.44. The van der Waals surface area contributed by atoms with Gasteiger partial charge >= 0.3 is 6.09 Å². The first-order valence-corrected chi connectivity index (χ1v) is 8.00. The van der Waals surface area contributed by atoms with E-state index in [1.54, 1.807) is 6.20 Å². The lowest BCUT2D eigenvalue weighted by atomic mass is 10.2. The van der Waals surface area contributed by atoms with E-state index in [1.165, 1.54) is 0 Å². The predicted molar refractivity (Wildman–Crippen MR) is 93.7 cm³/mol. The molecule has 23 heavy (non-hydrogen) atoms. The lowest BCUT2D eigenvalue weighted by Crippen LogP contribution is -2.33. The number of hydrogen-bond donors (Lipinski definition) is 2. The van der Waals surface area contributed by atoms with E-state index in [2.05, 4.69) is 27.8 Å². The minimum Gasteiger partial charge on any atom is -0.444 e. The first-order valence-electron chi connectivity index (χ1n) is 8.00. The lowest BCUT2D eigenvalue weighted by molar-refractivity contribution is 0.0527. The summed E-state index contributed by atoms with van der Waals surface area (Å²) < 4.78 is 5.19. The van der Waals surface area contributed by atoms with Crippen molar-refractivity contribution >= 4 is 22.7 Å². The van der Waals surface area contributed by atoms with Crippen molar-refractivity contribution in [2.24, 2.45) is 0 Å². The Balaban J connectivity index is 1.69. The van der Waals surface area contributed by atoms with Crippen LogP contribution in [-0.2, 0) is 4.74 Å². The van der Waals surface area contributed by atoms with Gasteiger partial charge in [-0.3, -0.25) is 4.98 Å². The normalized spacial score (nSPS) is 11.3. The van der Waals surface area contributed by atoms with Crippen LogP contribution < -0.4 is 10.6 Å². The third kappa shape index (κ3) is 5.77. The second-order valence-corrected chi connectivity index (χ2v) is 6.44. The number of carbonyl (C=O) groups excluding carboxylic acids is 1. The zero-order valence-electron chi connectivity index (χ0n) is 14.1. The molecular formula is C18H25N3O2. The van der Waals surface area contributed by atoms with Crippen LogP contribution in [-0.4, -0.2) is 29.8 Å². The smallest absolute Gasteiger partial charge is 0.407 e. The standard InChI is InChI=1S/C18H25N3O2/c1-18(2,3)23-17(22)21-12-5-4-11-19-15-10-6-8-14-9-7-13-20-16(14)15/h6-10,13,19H,4-5,11-12H2,1-3H3,(H,21,22).